The molecule has 1 aromatic carbocycles. The van der Waals surface area contributed by atoms with E-state index in [9.17, 15) is 22.8 Å². The Morgan fingerprint density at radius 1 is 1.32 bits per heavy atom. The van der Waals surface area contributed by atoms with Crippen LogP contribution in [0.4, 0.5) is 18.9 Å². The minimum atomic E-state index is -4.56. The van der Waals surface area contributed by atoms with E-state index in [0.717, 1.165) is 12.1 Å². The number of anilines is 1. The molecule has 0 aliphatic rings. The summed E-state index contributed by atoms with van der Waals surface area (Å²) in [5, 5.41) is 13.0. The van der Waals surface area contributed by atoms with Crippen molar-refractivity contribution in [2.75, 3.05) is 11.9 Å². The monoisotopic (exact) mass is 338 g/mol. The lowest BCUT2D eigenvalue weighted by atomic mass is 10.2. The molecule has 0 heterocycles. The molecule has 3 N–H and O–H groups in total. The van der Waals surface area contributed by atoms with Crippen molar-refractivity contribution in [2.45, 2.75) is 25.6 Å². The number of aliphatic hydroxyl groups is 1. The fourth-order valence-electron chi connectivity index (χ4n) is 1.50. The number of carbonyl (C=O) groups excluding carboxylic acids is 2. The topological polar surface area (TPSA) is 78.4 Å². The third-order valence-corrected chi connectivity index (χ3v) is 3.11. The number of rotatable bonds is 4. The predicted octanol–water partition coefficient (Wildman–Crippen LogP) is 2.18. The molecule has 1 rings (SSSR count). The van der Waals surface area contributed by atoms with Crippen LogP contribution in [0.15, 0.2) is 18.2 Å². The Hall–Kier alpha value is -1.80. The first-order valence-corrected chi connectivity index (χ1v) is 6.66. The number of aliphatic hydroxyl groups excluding tert-OH is 1. The summed E-state index contributed by atoms with van der Waals surface area (Å²) in [6.07, 6.45) is -4.14. The average molecular weight is 339 g/mol. The van der Waals surface area contributed by atoms with Gasteiger partial charge in [0, 0.05) is 0 Å². The molecule has 0 saturated heterocycles. The molecule has 9 heteroatoms. The molecule has 0 aliphatic heterocycles. The zero-order valence-corrected chi connectivity index (χ0v) is 12.3. The molecule has 22 heavy (non-hydrogen) atoms. The van der Waals surface area contributed by atoms with Gasteiger partial charge in [-0.25, -0.2) is 0 Å². The summed E-state index contributed by atoms with van der Waals surface area (Å²) in [6.45, 7) is 1.36. The van der Waals surface area contributed by atoms with Crippen LogP contribution in [0, 0.1) is 0 Å². The van der Waals surface area contributed by atoms with Crippen LogP contribution in [0.25, 0.3) is 0 Å². The van der Waals surface area contributed by atoms with Crippen molar-refractivity contribution in [2.24, 2.45) is 0 Å². The number of carbonyl (C=O) groups is 2. The van der Waals surface area contributed by atoms with Gasteiger partial charge < -0.3 is 15.7 Å². The molecule has 0 spiro atoms. The quantitative estimate of drug-likeness (QED) is 0.736. The highest BCUT2D eigenvalue weighted by Gasteiger charge is 2.31. The van der Waals surface area contributed by atoms with E-state index in [0.29, 0.717) is 12.5 Å². The summed E-state index contributed by atoms with van der Waals surface area (Å²) in [5.41, 5.74) is -1.09. The normalized spacial score (nSPS) is 12.6. The second-order valence-electron chi connectivity index (χ2n) is 4.41. The lowest BCUT2D eigenvalue weighted by molar-refractivity contribution is -0.137. The number of halogens is 4. The molecular weight excluding hydrogens is 325 g/mol. The van der Waals surface area contributed by atoms with Crippen molar-refractivity contribution in [1.82, 2.24) is 5.32 Å². The second kappa shape index (κ2) is 7.46. The third kappa shape index (κ3) is 4.88. The Bertz CT molecular complexity index is 560. The largest absolute Gasteiger partial charge is 0.416 e. The van der Waals surface area contributed by atoms with Crippen LogP contribution in [0.1, 0.15) is 18.9 Å². The molecule has 0 saturated carbocycles. The molecule has 1 aromatic rings. The molecule has 1 unspecified atom stereocenters. The summed E-state index contributed by atoms with van der Waals surface area (Å²) in [5.74, 6) is -2.11. The van der Waals surface area contributed by atoms with E-state index in [-0.39, 0.29) is 17.3 Å². The first kappa shape index (κ1) is 18.2. The van der Waals surface area contributed by atoms with E-state index in [4.69, 9.17) is 16.7 Å². The molecule has 0 radical (unpaired) electrons. The van der Waals surface area contributed by atoms with Crippen molar-refractivity contribution in [1.29, 1.82) is 0 Å². The maximum atomic E-state index is 12.5. The van der Waals surface area contributed by atoms with Gasteiger partial charge in [0.15, 0.2) is 0 Å². The number of amides is 2. The van der Waals surface area contributed by atoms with E-state index in [2.05, 4.69) is 10.6 Å². The van der Waals surface area contributed by atoms with Crippen LogP contribution in [0.3, 0.4) is 0 Å². The van der Waals surface area contributed by atoms with Crippen molar-refractivity contribution >= 4 is 29.1 Å². The minimum absolute atomic E-state index is 0.119. The van der Waals surface area contributed by atoms with Gasteiger partial charge in [0.1, 0.15) is 0 Å². The van der Waals surface area contributed by atoms with Crippen molar-refractivity contribution in [3.05, 3.63) is 28.8 Å². The van der Waals surface area contributed by atoms with Crippen LogP contribution in [-0.2, 0) is 15.8 Å². The van der Waals surface area contributed by atoms with Crippen LogP contribution in [0.2, 0.25) is 5.02 Å². The van der Waals surface area contributed by atoms with Gasteiger partial charge in [-0.3, -0.25) is 9.59 Å². The Kier molecular flexibility index (Phi) is 6.19. The molecule has 2 amide bonds. The van der Waals surface area contributed by atoms with Gasteiger partial charge in [0.05, 0.1) is 28.9 Å². The van der Waals surface area contributed by atoms with E-state index in [1.54, 1.807) is 6.92 Å². The average Bonchev–Trinajstić information content (AvgIpc) is 2.45. The lowest BCUT2D eigenvalue weighted by Crippen LogP contribution is -2.43. The van der Waals surface area contributed by atoms with Crippen molar-refractivity contribution in [3.8, 4) is 0 Å². The molecule has 1 atom stereocenters. The summed E-state index contributed by atoms with van der Waals surface area (Å²) < 4.78 is 37.4. The van der Waals surface area contributed by atoms with Crippen LogP contribution in [-0.4, -0.2) is 29.6 Å². The zero-order valence-electron chi connectivity index (χ0n) is 11.5. The molecule has 0 aromatic heterocycles. The maximum Gasteiger partial charge on any atom is 0.416 e. The Morgan fingerprint density at radius 3 is 2.41 bits per heavy atom. The third-order valence-electron chi connectivity index (χ3n) is 2.80. The van der Waals surface area contributed by atoms with E-state index in [1.165, 1.54) is 0 Å². The second-order valence-corrected chi connectivity index (χ2v) is 4.81. The minimum Gasteiger partial charge on any atom is -0.394 e. The van der Waals surface area contributed by atoms with E-state index < -0.39 is 29.6 Å². The summed E-state index contributed by atoms with van der Waals surface area (Å²) in [7, 11) is 0. The summed E-state index contributed by atoms with van der Waals surface area (Å²) >= 11 is 5.66. The van der Waals surface area contributed by atoms with Gasteiger partial charge in [-0.05, 0) is 24.6 Å². The van der Waals surface area contributed by atoms with Crippen LogP contribution in [0.5, 0.6) is 0 Å². The zero-order chi connectivity index (χ0) is 16.9. The number of hydrogen-bond donors (Lipinski definition) is 3. The smallest absolute Gasteiger partial charge is 0.394 e. The molecule has 5 nitrogen and oxygen atoms in total. The Balaban J connectivity index is 2.78. The molecular formula is C13H14ClF3N2O3. The highest BCUT2D eigenvalue weighted by atomic mass is 35.5. The Labute approximate surface area is 129 Å². The SMILES string of the molecule is CCC(CO)NC(=O)C(=O)Nc1ccc(C(F)(F)F)cc1Cl. The summed E-state index contributed by atoms with van der Waals surface area (Å²) in [4.78, 5) is 23.2. The number of nitrogens with one attached hydrogen (secondary N) is 2. The molecule has 0 aliphatic carbocycles. The predicted molar refractivity (Wildman–Crippen MR) is 74.4 cm³/mol. The number of hydrogen-bond acceptors (Lipinski definition) is 3. The summed E-state index contributed by atoms with van der Waals surface area (Å²) in [6, 6.07) is 1.76. The Morgan fingerprint density at radius 2 is 1.95 bits per heavy atom. The fraction of sp³-hybridized carbons (Fsp3) is 0.385. The first-order valence-electron chi connectivity index (χ1n) is 6.28. The standard InChI is InChI=1S/C13H14ClF3N2O3/c1-2-8(6-20)18-11(21)12(22)19-10-4-3-7(5-9(10)14)13(15,16)17/h3-5,8,20H,2,6H2,1H3,(H,18,21)(H,19,22). The highest BCUT2D eigenvalue weighted by molar-refractivity contribution is 6.41. The van der Waals surface area contributed by atoms with Crippen LogP contribution < -0.4 is 10.6 Å². The maximum absolute atomic E-state index is 12.5. The van der Waals surface area contributed by atoms with Crippen molar-refractivity contribution < 1.29 is 27.9 Å². The van der Waals surface area contributed by atoms with Gasteiger partial charge in [0.25, 0.3) is 0 Å². The molecule has 0 fully saturated rings. The molecule has 0 bridgehead atoms. The van der Waals surface area contributed by atoms with Gasteiger partial charge in [0.2, 0.25) is 0 Å². The van der Waals surface area contributed by atoms with E-state index >= 15 is 0 Å². The number of alkyl halides is 3. The lowest BCUT2D eigenvalue weighted by Gasteiger charge is -2.14. The number of benzene rings is 1. The van der Waals surface area contributed by atoms with Gasteiger partial charge in [-0.1, -0.05) is 18.5 Å². The van der Waals surface area contributed by atoms with Crippen LogP contribution >= 0.6 is 11.6 Å². The molecule has 122 valence electrons. The van der Waals surface area contributed by atoms with Gasteiger partial charge in [-0.15, -0.1) is 0 Å². The fourth-order valence-corrected chi connectivity index (χ4v) is 1.73. The van der Waals surface area contributed by atoms with Gasteiger partial charge >= 0.3 is 18.0 Å². The highest BCUT2D eigenvalue weighted by Crippen LogP contribution is 2.33. The van der Waals surface area contributed by atoms with Crippen molar-refractivity contribution in [3.63, 3.8) is 0 Å². The first-order chi connectivity index (χ1) is 10.2. The van der Waals surface area contributed by atoms with E-state index in [1.807, 2.05) is 0 Å². The van der Waals surface area contributed by atoms with Gasteiger partial charge in [-0.2, -0.15) is 13.2 Å².